The van der Waals surface area contributed by atoms with Crippen molar-refractivity contribution < 1.29 is 56.6 Å². The number of aromatic nitrogens is 2. The Labute approximate surface area is 202 Å². The fourth-order valence-electron chi connectivity index (χ4n) is 6.82. The molecule has 2 aromatic rings. The highest BCUT2D eigenvalue weighted by atomic mass is 16.8. The van der Waals surface area contributed by atoms with Gasteiger partial charge in [-0.05, 0) is 13.8 Å². The second kappa shape index (κ2) is 6.64. The van der Waals surface area contributed by atoms with Crippen molar-refractivity contribution >= 4 is 23.5 Å². The molecule has 6 heterocycles. The van der Waals surface area contributed by atoms with Crippen LogP contribution in [0.3, 0.4) is 0 Å². The number of rotatable bonds is 4. The van der Waals surface area contributed by atoms with E-state index in [2.05, 4.69) is 10.3 Å². The van der Waals surface area contributed by atoms with Crippen molar-refractivity contribution in [3.05, 3.63) is 34.0 Å². The highest BCUT2D eigenvalue weighted by Gasteiger charge is 3.00. The number of esters is 2. The van der Waals surface area contributed by atoms with Gasteiger partial charge in [0.15, 0.2) is 23.0 Å². The second-order valence-corrected chi connectivity index (χ2v) is 8.91. The highest BCUT2D eigenvalue weighted by molar-refractivity contribution is 6.13. The molecule has 190 valence electrons. The van der Waals surface area contributed by atoms with E-state index in [1.165, 1.54) is 28.1 Å². The normalized spacial score (nSPS) is 37.4. The van der Waals surface area contributed by atoms with Gasteiger partial charge in [-0.1, -0.05) is 10.3 Å². The second-order valence-electron chi connectivity index (χ2n) is 8.91. The van der Waals surface area contributed by atoms with Gasteiger partial charge in [-0.15, -0.1) is 0 Å². The fourth-order valence-corrected chi connectivity index (χ4v) is 6.82. The van der Waals surface area contributed by atoms with Crippen LogP contribution in [0.2, 0.25) is 0 Å². The summed E-state index contributed by atoms with van der Waals surface area (Å²) in [6.07, 6.45) is -3.75. The van der Waals surface area contributed by atoms with E-state index in [1.54, 1.807) is 0 Å². The number of ketones is 2. The number of aryl methyl sites for hydroxylation is 2. The van der Waals surface area contributed by atoms with Crippen LogP contribution in [-0.4, -0.2) is 74.5 Å². The zero-order chi connectivity index (χ0) is 26.0. The molecule has 2 saturated heterocycles. The summed E-state index contributed by atoms with van der Waals surface area (Å²) in [6, 6.07) is 0. The minimum Gasteiger partial charge on any atom is -0.468 e. The Morgan fingerprint density at radius 3 is 1.39 bits per heavy atom. The molecule has 0 spiro atoms. The van der Waals surface area contributed by atoms with Gasteiger partial charge < -0.3 is 37.5 Å². The average molecular weight is 504 g/mol. The van der Waals surface area contributed by atoms with Crippen molar-refractivity contribution in [3.63, 3.8) is 0 Å². The van der Waals surface area contributed by atoms with Crippen LogP contribution in [0.15, 0.2) is 9.05 Å². The first-order chi connectivity index (χ1) is 17.1. The average Bonchev–Trinajstić information content (AvgIpc) is 3.59. The number of nitrogens with zero attached hydrogens (tertiary/aromatic N) is 2. The Kier molecular flexibility index (Phi) is 4.24. The smallest absolute Gasteiger partial charge is 0.322 e. The van der Waals surface area contributed by atoms with E-state index in [4.69, 9.17) is 37.5 Å². The molecule has 0 radical (unpaired) electrons. The van der Waals surface area contributed by atoms with Gasteiger partial charge in [-0.25, -0.2) is 0 Å². The van der Waals surface area contributed by atoms with Crippen LogP contribution in [0.4, 0.5) is 0 Å². The Morgan fingerprint density at radius 1 is 0.722 bits per heavy atom. The Hall–Kier alpha value is -3.46. The van der Waals surface area contributed by atoms with Crippen molar-refractivity contribution in [3.8, 4) is 0 Å². The Balaban J connectivity index is 1.90. The van der Waals surface area contributed by atoms with Crippen molar-refractivity contribution in [1.82, 2.24) is 10.3 Å². The molecule has 4 aliphatic heterocycles. The van der Waals surface area contributed by atoms with Gasteiger partial charge in [-0.3, -0.25) is 19.2 Å². The molecule has 4 bridgehead atoms. The van der Waals surface area contributed by atoms with E-state index in [1.807, 2.05) is 0 Å². The molecule has 2 fully saturated rings. The first kappa shape index (κ1) is 23.0. The number of fused-ring (bicyclic) bond motifs is 13. The lowest BCUT2D eigenvalue weighted by atomic mass is 9.54. The Bertz CT molecular complexity index is 1290. The molecule has 0 amide bonds. The number of carbonyl (C=O) groups is 4. The summed E-state index contributed by atoms with van der Waals surface area (Å²) in [7, 11) is 4.45. The van der Waals surface area contributed by atoms with E-state index in [0.29, 0.717) is 0 Å². The van der Waals surface area contributed by atoms with E-state index < -0.39 is 58.1 Å². The standard InChI is InChI=1S/C22H20N2O12/c1-7-9-13(35-23-7)11(25)15-20(18(28)30-4)19(17(27)29-3,21(9,31-5)33-15)16-12(26)14-10(8(2)24-36-14)22(20,32-6)34-16/h15-16H,1-6H3/t15-,16+,19-,20-,21+,22-/m0/s1. The maximum Gasteiger partial charge on any atom is 0.322 e. The van der Waals surface area contributed by atoms with Crippen LogP contribution in [0.25, 0.3) is 0 Å². The van der Waals surface area contributed by atoms with Gasteiger partial charge in [0.2, 0.25) is 34.7 Å². The fraction of sp³-hybridized carbons (Fsp3) is 0.545. The molecular weight excluding hydrogens is 484 g/mol. The topological polar surface area (TPSA) is 176 Å². The van der Waals surface area contributed by atoms with E-state index in [9.17, 15) is 19.2 Å². The zero-order valence-electron chi connectivity index (χ0n) is 19.9. The van der Waals surface area contributed by atoms with Gasteiger partial charge in [0.1, 0.15) is 0 Å². The van der Waals surface area contributed by atoms with Crippen LogP contribution < -0.4 is 0 Å². The number of hydrogen-bond acceptors (Lipinski definition) is 14. The molecular formula is C22H20N2O12. The quantitative estimate of drug-likeness (QED) is 0.512. The molecule has 0 unspecified atom stereocenters. The third-order valence-corrected chi connectivity index (χ3v) is 7.91. The third-order valence-electron chi connectivity index (χ3n) is 7.91. The number of carbonyl (C=O) groups excluding carboxylic acids is 4. The number of methoxy groups -OCH3 is 4. The van der Waals surface area contributed by atoms with Crippen LogP contribution in [-0.2, 0) is 49.6 Å². The van der Waals surface area contributed by atoms with Gasteiger partial charge in [0.05, 0.1) is 36.7 Å². The molecule has 6 rings (SSSR count). The molecule has 36 heavy (non-hydrogen) atoms. The lowest BCUT2D eigenvalue weighted by Crippen LogP contribution is -2.66. The summed E-state index contributed by atoms with van der Waals surface area (Å²) in [5.41, 5.74) is -5.05. The van der Waals surface area contributed by atoms with Crippen molar-refractivity contribution in [2.45, 2.75) is 37.6 Å². The maximum atomic E-state index is 14.1. The van der Waals surface area contributed by atoms with Crippen molar-refractivity contribution in [2.75, 3.05) is 28.4 Å². The first-order valence-corrected chi connectivity index (χ1v) is 10.8. The Morgan fingerprint density at radius 2 is 1.08 bits per heavy atom. The first-order valence-electron chi connectivity index (χ1n) is 10.8. The molecule has 2 aromatic heterocycles. The van der Waals surface area contributed by atoms with Crippen LogP contribution in [0, 0.1) is 24.7 Å². The van der Waals surface area contributed by atoms with Crippen molar-refractivity contribution in [1.29, 1.82) is 0 Å². The minimum atomic E-state index is -2.54. The summed E-state index contributed by atoms with van der Waals surface area (Å²) >= 11 is 0. The predicted molar refractivity (Wildman–Crippen MR) is 107 cm³/mol. The molecule has 0 N–H and O–H groups in total. The minimum absolute atomic E-state index is 0.0934. The van der Waals surface area contributed by atoms with Gasteiger partial charge >= 0.3 is 11.9 Å². The number of hydrogen-bond donors (Lipinski definition) is 0. The van der Waals surface area contributed by atoms with E-state index >= 15 is 0 Å². The van der Waals surface area contributed by atoms with Crippen LogP contribution in [0.1, 0.15) is 43.6 Å². The van der Waals surface area contributed by atoms with E-state index in [-0.39, 0.29) is 34.0 Å². The third kappa shape index (κ3) is 1.80. The molecule has 14 nitrogen and oxygen atoms in total. The summed E-state index contributed by atoms with van der Waals surface area (Å²) in [6.45, 7) is 2.97. The van der Waals surface area contributed by atoms with E-state index in [0.717, 1.165) is 14.2 Å². The zero-order valence-corrected chi connectivity index (χ0v) is 19.9. The van der Waals surface area contributed by atoms with Crippen LogP contribution in [0.5, 0.6) is 0 Å². The van der Waals surface area contributed by atoms with Gasteiger partial charge in [-0.2, -0.15) is 0 Å². The lowest BCUT2D eigenvalue weighted by molar-refractivity contribution is -0.297. The number of ether oxygens (including phenoxy) is 6. The summed E-state index contributed by atoms with van der Waals surface area (Å²) in [5.74, 6) is -9.36. The molecule has 4 aliphatic rings. The van der Waals surface area contributed by atoms with Gasteiger partial charge in [0.25, 0.3) is 0 Å². The molecule has 6 atom stereocenters. The molecule has 0 aromatic carbocycles. The molecule has 0 saturated carbocycles. The maximum absolute atomic E-state index is 14.1. The highest BCUT2D eigenvalue weighted by Crippen LogP contribution is 2.80. The monoisotopic (exact) mass is 504 g/mol. The largest absolute Gasteiger partial charge is 0.468 e. The molecule has 14 heteroatoms. The summed E-state index contributed by atoms with van der Waals surface area (Å²) in [4.78, 5) is 56.1. The summed E-state index contributed by atoms with van der Waals surface area (Å²) < 4.78 is 45.3. The summed E-state index contributed by atoms with van der Waals surface area (Å²) in [5, 5.41) is 7.71. The number of Topliss-reactive ketones (excluding diaryl/α,β-unsaturated/α-hetero) is 2. The SMILES string of the molecule is COC(=O)[C@@]12[C@@H]3O[C@@](OC)(c4c(C)noc4C3=O)[C@]1(C(=O)OC)[C@H]1O[C@]2(OC)c2c(C)noc2C1=O. The van der Waals surface area contributed by atoms with Crippen molar-refractivity contribution in [2.24, 2.45) is 10.8 Å². The van der Waals surface area contributed by atoms with Crippen LogP contribution >= 0.6 is 0 Å². The lowest BCUT2D eigenvalue weighted by Gasteiger charge is -2.44. The molecule has 0 aliphatic carbocycles. The predicted octanol–water partition coefficient (Wildman–Crippen LogP) is 0.0870. The van der Waals surface area contributed by atoms with Gasteiger partial charge in [0, 0.05) is 14.2 Å².